The molecule has 0 radical (unpaired) electrons. The van der Waals surface area contributed by atoms with Crippen LogP contribution >= 0.6 is 0 Å². The number of anilines is 2. The molecule has 0 saturated heterocycles. The van der Waals surface area contributed by atoms with Gasteiger partial charge < -0.3 is 15.4 Å². The number of rotatable bonds is 3. The van der Waals surface area contributed by atoms with Gasteiger partial charge >= 0.3 is 0 Å². The summed E-state index contributed by atoms with van der Waals surface area (Å²) in [7, 11) is 1.65. The van der Waals surface area contributed by atoms with E-state index in [1.165, 1.54) is 0 Å². The van der Waals surface area contributed by atoms with E-state index >= 15 is 0 Å². The van der Waals surface area contributed by atoms with Gasteiger partial charge in [-0.3, -0.25) is 0 Å². The van der Waals surface area contributed by atoms with Crippen LogP contribution in [0.1, 0.15) is 35.7 Å². The monoisotopic (exact) mass is 404 g/mol. The van der Waals surface area contributed by atoms with Gasteiger partial charge in [-0.05, 0) is 60.7 Å². The second-order valence-corrected chi connectivity index (χ2v) is 8.12. The third kappa shape index (κ3) is 2.59. The maximum atomic E-state index is 14.1. The van der Waals surface area contributed by atoms with E-state index in [4.69, 9.17) is 15.6 Å². The molecule has 2 aromatic carbocycles. The molecule has 1 aliphatic heterocycles. The van der Waals surface area contributed by atoms with Crippen LogP contribution in [-0.4, -0.2) is 33.5 Å². The van der Waals surface area contributed by atoms with Gasteiger partial charge in [-0.25, -0.2) is 4.39 Å². The topological polar surface area (TPSA) is 81.6 Å². The molecule has 0 unspecified atom stereocenters. The lowest BCUT2D eigenvalue weighted by atomic mass is 9.98. The summed E-state index contributed by atoms with van der Waals surface area (Å²) in [4.78, 5) is 2.19. The largest absolute Gasteiger partial charge is 0.497 e. The van der Waals surface area contributed by atoms with E-state index in [9.17, 15) is 4.39 Å². The molecule has 2 N–H and O–H groups in total. The van der Waals surface area contributed by atoms with Gasteiger partial charge in [0.1, 0.15) is 11.6 Å². The van der Waals surface area contributed by atoms with Crippen molar-refractivity contribution in [1.29, 1.82) is 0 Å². The quantitative estimate of drug-likeness (QED) is 0.527. The summed E-state index contributed by atoms with van der Waals surface area (Å²) in [6.07, 6.45) is 3.02. The highest BCUT2D eigenvalue weighted by Crippen LogP contribution is 2.40. The number of hydrogen-bond donors (Lipinski definition) is 1. The highest BCUT2D eigenvalue weighted by Gasteiger charge is 2.31. The molecule has 30 heavy (non-hydrogen) atoms. The number of benzene rings is 2. The lowest BCUT2D eigenvalue weighted by Crippen LogP contribution is -2.32. The summed E-state index contributed by atoms with van der Waals surface area (Å²) in [5.41, 5.74) is 8.76. The number of fused-ring (bicyclic) bond motifs is 4. The Hall–Kier alpha value is -3.42. The predicted octanol–water partition coefficient (Wildman–Crippen LogP) is 3.45. The fourth-order valence-corrected chi connectivity index (χ4v) is 4.35. The van der Waals surface area contributed by atoms with Crippen LogP contribution in [0.4, 0.5) is 15.9 Å². The van der Waals surface area contributed by atoms with Crippen LogP contribution in [0.15, 0.2) is 30.3 Å². The molecular weight excluding hydrogens is 383 g/mol. The van der Waals surface area contributed by atoms with E-state index in [0.29, 0.717) is 12.5 Å². The molecule has 0 atom stereocenters. The van der Waals surface area contributed by atoms with Crippen molar-refractivity contribution in [1.82, 2.24) is 19.8 Å². The van der Waals surface area contributed by atoms with Crippen LogP contribution in [0.2, 0.25) is 0 Å². The van der Waals surface area contributed by atoms with E-state index in [0.717, 1.165) is 70.7 Å². The first kappa shape index (κ1) is 17.4. The number of halogens is 1. The number of nitrogen functional groups attached to an aromatic ring is 1. The number of nitrogens with two attached hydrogens (primary N) is 1. The van der Waals surface area contributed by atoms with Gasteiger partial charge in [0.2, 0.25) is 0 Å². The predicted molar refractivity (Wildman–Crippen MR) is 112 cm³/mol. The van der Waals surface area contributed by atoms with Crippen molar-refractivity contribution in [2.75, 3.05) is 24.3 Å². The summed E-state index contributed by atoms with van der Waals surface area (Å²) in [5, 5.41) is 15.8. The molecule has 8 heteroatoms. The Bertz CT molecular complexity index is 1310. The van der Waals surface area contributed by atoms with Gasteiger partial charge in [0, 0.05) is 29.8 Å². The summed E-state index contributed by atoms with van der Waals surface area (Å²) in [6, 6.07) is 9.24. The molecule has 0 bridgehead atoms. The van der Waals surface area contributed by atoms with E-state index in [1.54, 1.807) is 19.2 Å². The van der Waals surface area contributed by atoms with Gasteiger partial charge in [0.25, 0.3) is 0 Å². The molecule has 1 saturated carbocycles. The van der Waals surface area contributed by atoms with Crippen LogP contribution in [-0.2, 0) is 13.0 Å². The zero-order valence-corrected chi connectivity index (χ0v) is 16.6. The SMILES string of the molecule is COc1ccc2c(c1)c(N1CCc3cc(N)c(F)cc3C1)nn1c(C3CC3)nnc21. The summed E-state index contributed by atoms with van der Waals surface area (Å²) in [6.45, 7) is 1.34. The van der Waals surface area contributed by atoms with Crippen LogP contribution in [0.3, 0.4) is 0 Å². The zero-order chi connectivity index (χ0) is 20.4. The van der Waals surface area contributed by atoms with Crippen molar-refractivity contribution in [2.24, 2.45) is 0 Å². The highest BCUT2D eigenvalue weighted by molar-refractivity contribution is 6.01. The molecule has 1 aliphatic carbocycles. The fraction of sp³-hybridized carbons (Fsp3) is 0.318. The average Bonchev–Trinajstić information content (AvgIpc) is 3.52. The average molecular weight is 404 g/mol. The van der Waals surface area contributed by atoms with Crippen molar-refractivity contribution in [3.8, 4) is 5.75 Å². The molecule has 2 aliphatic rings. The van der Waals surface area contributed by atoms with Crippen LogP contribution in [0.5, 0.6) is 5.75 Å². The molecule has 1 fully saturated rings. The first-order valence-electron chi connectivity index (χ1n) is 10.2. The molecule has 2 aromatic heterocycles. The van der Waals surface area contributed by atoms with Crippen molar-refractivity contribution in [2.45, 2.75) is 31.7 Å². The van der Waals surface area contributed by atoms with E-state index < -0.39 is 0 Å². The molecule has 0 amide bonds. The van der Waals surface area contributed by atoms with E-state index in [-0.39, 0.29) is 11.5 Å². The second kappa shape index (κ2) is 6.29. The van der Waals surface area contributed by atoms with Gasteiger partial charge in [0.15, 0.2) is 17.3 Å². The van der Waals surface area contributed by atoms with Gasteiger partial charge in [-0.2, -0.15) is 4.52 Å². The summed E-state index contributed by atoms with van der Waals surface area (Å²) in [5.74, 6) is 2.56. The Labute approximate surface area is 172 Å². The number of methoxy groups -OCH3 is 1. The molecule has 152 valence electrons. The van der Waals surface area contributed by atoms with E-state index in [1.807, 2.05) is 22.7 Å². The van der Waals surface area contributed by atoms with Crippen molar-refractivity contribution < 1.29 is 9.13 Å². The smallest absolute Gasteiger partial charge is 0.185 e. The summed E-state index contributed by atoms with van der Waals surface area (Å²) < 4.78 is 21.5. The zero-order valence-electron chi connectivity index (χ0n) is 16.6. The van der Waals surface area contributed by atoms with Gasteiger partial charge in [0.05, 0.1) is 12.8 Å². The molecule has 6 rings (SSSR count). The maximum absolute atomic E-state index is 14.1. The minimum atomic E-state index is -0.375. The Kier molecular flexibility index (Phi) is 3.65. The van der Waals surface area contributed by atoms with Crippen LogP contribution in [0.25, 0.3) is 16.4 Å². The van der Waals surface area contributed by atoms with Gasteiger partial charge in [-0.15, -0.1) is 15.3 Å². The third-order valence-corrected chi connectivity index (χ3v) is 6.14. The molecule has 3 heterocycles. The normalized spacial score (nSPS) is 16.3. The maximum Gasteiger partial charge on any atom is 0.185 e. The number of ether oxygens (including phenoxy) is 1. The Morgan fingerprint density at radius 1 is 1.10 bits per heavy atom. The molecule has 4 aromatic rings. The summed E-state index contributed by atoms with van der Waals surface area (Å²) >= 11 is 0. The van der Waals surface area contributed by atoms with Crippen LogP contribution < -0.4 is 15.4 Å². The molecule has 0 spiro atoms. The fourth-order valence-electron chi connectivity index (χ4n) is 4.35. The minimum Gasteiger partial charge on any atom is -0.497 e. The standard InChI is InChI=1S/C22H21FN6O/c1-30-15-4-5-16-17(10-15)22(27-29-20(12-2-3-12)25-26-21(16)29)28-7-6-13-9-19(24)18(23)8-14(13)11-28/h4-5,8-10,12H,2-3,6-7,11,24H2,1H3. The lowest BCUT2D eigenvalue weighted by Gasteiger charge is -2.31. The Balaban J connectivity index is 1.54. The minimum absolute atomic E-state index is 0.204. The first-order valence-corrected chi connectivity index (χ1v) is 10.2. The molecule has 7 nitrogen and oxygen atoms in total. The van der Waals surface area contributed by atoms with Crippen LogP contribution in [0, 0.1) is 5.82 Å². The highest BCUT2D eigenvalue weighted by atomic mass is 19.1. The lowest BCUT2D eigenvalue weighted by molar-refractivity contribution is 0.415. The number of aromatic nitrogens is 4. The van der Waals surface area contributed by atoms with Crippen molar-refractivity contribution >= 4 is 27.9 Å². The first-order chi connectivity index (χ1) is 14.6. The van der Waals surface area contributed by atoms with Crippen molar-refractivity contribution in [3.05, 3.63) is 53.1 Å². The molecular formula is C22H21FN6O. The Morgan fingerprint density at radius 2 is 1.97 bits per heavy atom. The number of nitrogens with zero attached hydrogens (tertiary/aromatic N) is 5. The third-order valence-electron chi connectivity index (χ3n) is 6.14. The number of hydrogen-bond acceptors (Lipinski definition) is 6. The van der Waals surface area contributed by atoms with Gasteiger partial charge in [-0.1, -0.05) is 0 Å². The van der Waals surface area contributed by atoms with E-state index in [2.05, 4.69) is 15.1 Å². The second-order valence-electron chi connectivity index (χ2n) is 8.12. The van der Waals surface area contributed by atoms with Crippen molar-refractivity contribution in [3.63, 3.8) is 0 Å². The Morgan fingerprint density at radius 3 is 2.77 bits per heavy atom.